The van der Waals surface area contributed by atoms with Crippen molar-refractivity contribution >= 4 is 33.0 Å². The quantitative estimate of drug-likeness (QED) is 0.913. The van der Waals surface area contributed by atoms with Crippen LogP contribution in [0.1, 0.15) is 17.8 Å². The number of aliphatic hydroxyl groups excluding tert-OH is 1. The van der Waals surface area contributed by atoms with Crippen LogP contribution < -0.4 is 0 Å². The third-order valence-electron chi connectivity index (χ3n) is 4.14. The van der Waals surface area contributed by atoms with E-state index in [0.717, 1.165) is 34.7 Å². The summed E-state index contributed by atoms with van der Waals surface area (Å²) < 4.78 is 6.71. The van der Waals surface area contributed by atoms with Crippen molar-refractivity contribution in [3.63, 3.8) is 0 Å². The van der Waals surface area contributed by atoms with Crippen molar-refractivity contribution in [2.75, 3.05) is 19.7 Å². The number of ether oxygens (including phenoxy) is 1. The third-order valence-corrected chi connectivity index (χ3v) is 5.19. The Kier molecular flexibility index (Phi) is 3.35. The number of hydrogen-bond acceptors (Lipinski definition) is 5. The molecule has 0 spiro atoms. The Hall–Kier alpha value is -1.92. The highest BCUT2D eigenvalue weighted by Crippen LogP contribution is 2.33. The zero-order valence-electron chi connectivity index (χ0n) is 12.1. The van der Waals surface area contributed by atoms with E-state index in [2.05, 4.69) is 4.98 Å². The first-order valence-electron chi connectivity index (χ1n) is 7.46. The molecule has 22 heavy (non-hydrogen) atoms. The zero-order valence-corrected chi connectivity index (χ0v) is 12.9. The molecule has 6 heteroatoms. The van der Waals surface area contributed by atoms with Crippen LogP contribution in [0.25, 0.3) is 15.8 Å². The number of aromatic nitrogens is 1. The van der Waals surface area contributed by atoms with Crippen molar-refractivity contribution in [2.45, 2.75) is 18.9 Å². The second-order valence-corrected chi connectivity index (χ2v) is 6.70. The predicted octanol–water partition coefficient (Wildman–Crippen LogP) is 3.04. The summed E-state index contributed by atoms with van der Waals surface area (Å²) >= 11 is 1.52. The largest absolute Gasteiger partial charge is 0.510 e. The number of thiazole rings is 1. The van der Waals surface area contributed by atoms with Gasteiger partial charge < -0.3 is 14.7 Å². The first kappa shape index (κ1) is 13.7. The Morgan fingerprint density at radius 2 is 2.27 bits per heavy atom. The number of nitrogens with one attached hydrogen (secondary N) is 1. The lowest BCUT2D eigenvalue weighted by molar-refractivity contribution is 0.0924. The number of para-hydroxylation sites is 1. The third kappa shape index (κ3) is 2.28. The molecule has 114 valence electrons. The molecule has 1 aromatic heterocycles. The van der Waals surface area contributed by atoms with Gasteiger partial charge in [-0.2, -0.15) is 0 Å². The Balaban J connectivity index is 1.60. The van der Waals surface area contributed by atoms with E-state index >= 15 is 0 Å². The molecule has 0 saturated carbocycles. The Bertz CT molecular complexity index is 729. The van der Waals surface area contributed by atoms with Crippen LogP contribution in [0, 0.1) is 5.41 Å². The number of amidine groups is 1. The number of hydrogen-bond donors (Lipinski definition) is 2. The number of fused-ring (bicyclic) bond motifs is 1. The van der Waals surface area contributed by atoms with Gasteiger partial charge in [-0.1, -0.05) is 12.1 Å². The van der Waals surface area contributed by atoms with Gasteiger partial charge in [-0.05, 0) is 25.0 Å². The second-order valence-electron chi connectivity index (χ2n) is 5.67. The molecule has 1 atom stereocenters. The molecule has 2 aliphatic rings. The highest BCUT2D eigenvalue weighted by atomic mass is 32.1. The molecule has 0 radical (unpaired) electrons. The van der Waals surface area contributed by atoms with E-state index in [1.807, 2.05) is 29.2 Å². The summed E-state index contributed by atoms with van der Waals surface area (Å²) in [5, 5.41) is 19.4. The van der Waals surface area contributed by atoms with E-state index < -0.39 is 0 Å². The van der Waals surface area contributed by atoms with E-state index in [4.69, 9.17) is 10.1 Å². The Labute approximate surface area is 132 Å². The molecule has 0 amide bonds. The molecule has 0 bridgehead atoms. The number of nitrogens with zero attached hydrogens (tertiary/aromatic N) is 2. The molecule has 1 fully saturated rings. The van der Waals surface area contributed by atoms with Gasteiger partial charge in [0.25, 0.3) is 0 Å². The van der Waals surface area contributed by atoms with Crippen LogP contribution in [-0.2, 0) is 4.74 Å². The molecule has 3 heterocycles. The van der Waals surface area contributed by atoms with Crippen molar-refractivity contribution in [1.29, 1.82) is 5.41 Å². The molecule has 0 aliphatic carbocycles. The van der Waals surface area contributed by atoms with Gasteiger partial charge in [0.15, 0.2) is 0 Å². The Morgan fingerprint density at radius 3 is 3.05 bits per heavy atom. The van der Waals surface area contributed by atoms with Crippen LogP contribution in [0.3, 0.4) is 0 Å². The first-order valence-corrected chi connectivity index (χ1v) is 8.27. The van der Waals surface area contributed by atoms with Gasteiger partial charge in [0.2, 0.25) is 0 Å². The minimum atomic E-state index is 0.169. The smallest absolute Gasteiger partial charge is 0.135 e. The maximum atomic E-state index is 10.3. The van der Waals surface area contributed by atoms with Crippen molar-refractivity contribution < 1.29 is 9.84 Å². The SMILES string of the molecule is N=C1C(c2nc3ccccc3s2)=C(O)CN1C[C@@H]1CCCO1. The minimum absolute atomic E-state index is 0.169. The molecule has 4 rings (SSSR count). The molecule has 1 saturated heterocycles. The van der Waals surface area contributed by atoms with Crippen LogP contribution in [0.2, 0.25) is 0 Å². The van der Waals surface area contributed by atoms with Gasteiger partial charge in [-0.3, -0.25) is 5.41 Å². The summed E-state index contributed by atoms with van der Waals surface area (Å²) in [5.74, 6) is 0.592. The number of benzene rings is 1. The second kappa shape index (κ2) is 5.37. The van der Waals surface area contributed by atoms with Crippen molar-refractivity contribution in [1.82, 2.24) is 9.88 Å². The van der Waals surface area contributed by atoms with Crippen LogP contribution >= 0.6 is 11.3 Å². The highest BCUT2D eigenvalue weighted by molar-refractivity contribution is 7.19. The van der Waals surface area contributed by atoms with E-state index in [1.54, 1.807) is 0 Å². The predicted molar refractivity (Wildman–Crippen MR) is 87.4 cm³/mol. The Morgan fingerprint density at radius 1 is 1.41 bits per heavy atom. The van der Waals surface area contributed by atoms with E-state index in [1.165, 1.54) is 11.3 Å². The summed E-state index contributed by atoms with van der Waals surface area (Å²) in [6, 6.07) is 7.89. The van der Waals surface area contributed by atoms with Crippen LogP contribution in [-0.4, -0.2) is 46.6 Å². The van der Waals surface area contributed by atoms with E-state index in [9.17, 15) is 5.11 Å². The first-order chi connectivity index (χ1) is 10.7. The zero-order chi connectivity index (χ0) is 15.1. The topological polar surface area (TPSA) is 69.4 Å². The number of aliphatic hydroxyl groups is 1. The summed E-state index contributed by atoms with van der Waals surface area (Å²) in [7, 11) is 0. The normalized spacial score (nSPS) is 22.3. The lowest BCUT2D eigenvalue weighted by Crippen LogP contribution is -2.34. The van der Waals surface area contributed by atoms with Gasteiger partial charge in [0.1, 0.15) is 16.6 Å². The minimum Gasteiger partial charge on any atom is -0.510 e. The lowest BCUT2D eigenvalue weighted by atomic mass is 10.2. The van der Waals surface area contributed by atoms with Crippen LogP contribution in [0.4, 0.5) is 0 Å². The fourth-order valence-electron chi connectivity index (χ4n) is 3.03. The molecule has 5 nitrogen and oxygen atoms in total. The van der Waals surface area contributed by atoms with Gasteiger partial charge in [-0.15, -0.1) is 11.3 Å². The fraction of sp³-hybridized carbons (Fsp3) is 0.375. The standard InChI is InChI=1S/C16H17N3O2S/c17-15-14(16-18-11-5-1-2-6-13(11)22-16)12(20)9-19(15)8-10-4-3-7-21-10/h1-2,5-6,10,17,20H,3-4,7-9H2/t10-/m0/s1. The maximum absolute atomic E-state index is 10.3. The molecule has 2 aromatic rings. The summed E-state index contributed by atoms with van der Waals surface area (Å²) in [6.45, 7) is 1.84. The fourth-order valence-corrected chi connectivity index (χ4v) is 4.06. The monoisotopic (exact) mass is 315 g/mol. The summed E-state index contributed by atoms with van der Waals surface area (Å²) in [5.41, 5.74) is 1.48. The highest BCUT2D eigenvalue weighted by Gasteiger charge is 2.32. The van der Waals surface area contributed by atoms with Crippen LogP contribution in [0.5, 0.6) is 0 Å². The van der Waals surface area contributed by atoms with Crippen LogP contribution in [0.15, 0.2) is 30.0 Å². The van der Waals surface area contributed by atoms with Gasteiger partial charge in [-0.25, -0.2) is 4.98 Å². The molecular weight excluding hydrogens is 298 g/mol. The van der Waals surface area contributed by atoms with Crippen molar-refractivity contribution in [3.05, 3.63) is 35.0 Å². The van der Waals surface area contributed by atoms with E-state index in [0.29, 0.717) is 24.5 Å². The average molecular weight is 315 g/mol. The lowest BCUT2D eigenvalue weighted by Gasteiger charge is -2.21. The number of rotatable bonds is 3. The molecule has 2 aliphatic heterocycles. The molecule has 2 N–H and O–H groups in total. The molecule has 1 aromatic carbocycles. The summed E-state index contributed by atoms with van der Waals surface area (Å²) in [6.07, 6.45) is 2.28. The maximum Gasteiger partial charge on any atom is 0.135 e. The van der Waals surface area contributed by atoms with Gasteiger partial charge >= 0.3 is 0 Å². The van der Waals surface area contributed by atoms with Gasteiger partial charge in [0.05, 0.1) is 28.4 Å². The average Bonchev–Trinajstić information content (AvgIpc) is 3.19. The molecule has 0 unspecified atom stereocenters. The van der Waals surface area contributed by atoms with Crippen molar-refractivity contribution in [3.8, 4) is 0 Å². The molecular formula is C16H17N3O2S. The van der Waals surface area contributed by atoms with Crippen molar-refractivity contribution in [2.24, 2.45) is 0 Å². The van der Waals surface area contributed by atoms with Gasteiger partial charge in [0, 0.05) is 13.2 Å². The summed E-state index contributed by atoms with van der Waals surface area (Å²) in [4.78, 5) is 6.45. The van der Waals surface area contributed by atoms with E-state index in [-0.39, 0.29) is 11.9 Å².